The summed E-state index contributed by atoms with van der Waals surface area (Å²) in [7, 11) is 0. The smallest absolute Gasteiger partial charge is 0.250 e. The zero-order valence-electron chi connectivity index (χ0n) is 17.1. The third kappa shape index (κ3) is 6.19. The number of halogens is 1. The first-order chi connectivity index (χ1) is 15.6. The molecule has 4 rings (SSSR count). The molecule has 0 spiro atoms. The number of carbonyl (C=O) groups is 1. The van der Waals surface area contributed by atoms with E-state index < -0.39 is 0 Å². The van der Waals surface area contributed by atoms with Crippen LogP contribution in [-0.4, -0.2) is 27.6 Å². The van der Waals surface area contributed by atoms with Gasteiger partial charge in [-0.25, -0.2) is 5.43 Å². The van der Waals surface area contributed by atoms with Gasteiger partial charge in [0.1, 0.15) is 0 Å². The molecule has 0 radical (unpaired) electrons. The van der Waals surface area contributed by atoms with Gasteiger partial charge in [-0.3, -0.25) is 4.79 Å². The quantitative estimate of drug-likeness (QED) is 0.159. The van der Waals surface area contributed by atoms with E-state index in [1.807, 2.05) is 31.2 Å². The third-order valence-corrected chi connectivity index (χ3v) is 8.32. The van der Waals surface area contributed by atoms with Gasteiger partial charge in [-0.2, -0.15) is 5.10 Å². The average Bonchev–Trinajstić information content (AvgIpc) is 3.28. The van der Waals surface area contributed by atoms with E-state index in [4.69, 9.17) is 0 Å². The zero-order chi connectivity index (χ0) is 22.3. The highest BCUT2D eigenvalue weighted by molar-refractivity contribution is 9.10. The average molecular weight is 544 g/mol. The fourth-order valence-electron chi connectivity index (χ4n) is 2.93. The van der Waals surface area contributed by atoms with Crippen molar-refractivity contribution in [2.24, 2.45) is 5.10 Å². The van der Waals surface area contributed by atoms with Gasteiger partial charge in [0, 0.05) is 10.2 Å². The van der Waals surface area contributed by atoms with Crippen molar-refractivity contribution < 1.29 is 4.79 Å². The van der Waals surface area contributed by atoms with Crippen LogP contribution >= 0.6 is 50.8 Å². The van der Waals surface area contributed by atoms with Gasteiger partial charge in [0.05, 0.1) is 11.5 Å². The van der Waals surface area contributed by atoms with Crippen LogP contribution in [0.25, 0.3) is 10.8 Å². The number of rotatable bonds is 8. The Morgan fingerprint density at radius 2 is 1.72 bits per heavy atom. The predicted molar refractivity (Wildman–Crippen MR) is 139 cm³/mol. The minimum absolute atomic E-state index is 0.174. The number of thioether (sulfide) groups is 2. The maximum absolute atomic E-state index is 12.2. The fourth-order valence-corrected chi connectivity index (χ4v) is 6.01. The first-order valence-electron chi connectivity index (χ1n) is 9.73. The Morgan fingerprint density at radius 1 is 1.00 bits per heavy atom. The molecule has 0 atom stereocenters. The fraction of sp³-hybridized carbons (Fsp3) is 0.130. The van der Waals surface area contributed by atoms with E-state index in [9.17, 15) is 4.79 Å². The van der Waals surface area contributed by atoms with Crippen LogP contribution in [0, 0.1) is 0 Å². The van der Waals surface area contributed by atoms with E-state index in [0.717, 1.165) is 30.2 Å². The lowest BCUT2D eigenvalue weighted by atomic mass is 10.1. The van der Waals surface area contributed by atoms with E-state index in [0.29, 0.717) is 0 Å². The molecule has 162 valence electrons. The standard InChI is InChI=1S/C23H19BrN4OS3/c1-15(16-9-11-19(24)12-10-16)25-26-21(29)14-31-23-28-27-22(32-23)30-13-18-7-4-6-17-5-2-3-8-20(17)18/h2-12H,13-14H2,1H3,(H,26,29). The Labute approximate surface area is 207 Å². The van der Waals surface area contributed by atoms with E-state index in [1.165, 1.54) is 39.4 Å². The zero-order valence-corrected chi connectivity index (χ0v) is 21.2. The highest BCUT2D eigenvalue weighted by atomic mass is 79.9. The number of nitrogens with zero attached hydrogens (tertiary/aromatic N) is 3. The summed E-state index contributed by atoms with van der Waals surface area (Å²) in [5, 5.41) is 15.1. The summed E-state index contributed by atoms with van der Waals surface area (Å²) >= 11 is 7.94. The lowest BCUT2D eigenvalue weighted by Crippen LogP contribution is -2.21. The van der Waals surface area contributed by atoms with Crippen molar-refractivity contribution >= 4 is 73.2 Å². The number of carbonyl (C=O) groups excluding carboxylic acids is 1. The Balaban J connectivity index is 1.27. The maximum atomic E-state index is 12.2. The predicted octanol–water partition coefficient (Wildman–Crippen LogP) is 6.38. The molecule has 1 amide bonds. The van der Waals surface area contributed by atoms with E-state index >= 15 is 0 Å². The van der Waals surface area contributed by atoms with Gasteiger partial charge in [-0.05, 0) is 41.0 Å². The molecule has 0 fully saturated rings. The molecular formula is C23H19BrN4OS3. The van der Waals surface area contributed by atoms with Crippen molar-refractivity contribution in [2.75, 3.05) is 5.75 Å². The number of benzene rings is 3. The molecule has 32 heavy (non-hydrogen) atoms. The van der Waals surface area contributed by atoms with Crippen LogP contribution in [0.1, 0.15) is 18.1 Å². The summed E-state index contributed by atoms with van der Waals surface area (Å²) < 4.78 is 2.67. The Bertz CT molecular complexity index is 1250. The van der Waals surface area contributed by atoms with Gasteiger partial charge in [0.25, 0.3) is 5.91 Å². The molecule has 1 heterocycles. The van der Waals surface area contributed by atoms with Crippen molar-refractivity contribution in [3.8, 4) is 0 Å². The number of hydrazone groups is 1. The lowest BCUT2D eigenvalue weighted by Gasteiger charge is -2.04. The van der Waals surface area contributed by atoms with Crippen LogP contribution in [0.3, 0.4) is 0 Å². The molecule has 0 bridgehead atoms. The number of amides is 1. The van der Waals surface area contributed by atoms with Crippen LogP contribution in [0.2, 0.25) is 0 Å². The van der Waals surface area contributed by atoms with Crippen molar-refractivity contribution in [3.63, 3.8) is 0 Å². The second-order valence-corrected chi connectivity index (χ2v) is 11.1. The Kier molecular flexibility index (Phi) is 7.96. The van der Waals surface area contributed by atoms with E-state index in [1.54, 1.807) is 11.8 Å². The van der Waals surface area contributed by atoms with E-state index in [-0.39, 0.29) is 11.7 Å². The van der Waals surface area contributed by atoms with Crippen LogP contribution in [0.5, 0.6) is 0 Å². The lowest BCUT2D eigenvalue weighted by molar-refractivity contribution is -0.118. The summed E-state index contributed by atoms with van der Waals surface area (Å²) in [4.78, 5) is 12.2. The molecule has 9 heteroatoms. The van der Waals surface area contributed by atoms with Gasteiger partial charge >= 0.3 is 0 Å². The molecular weight excluding hydrogens is 524 g/mol. The molecule has 0 unspecified atom stereocenters. The molecule has 1 N–H and O–H groups in total. The first-order valence-corrected chi connectivity index (χ1v) is 13.3. The molecule has 0 saturated carbocycles. The van der Waals surface area contributed by atoms with Crippen molar-refractivity contribution in [1.82, 2.24) is 15.6 Å². The number of hydrogen-bond donors (Lipinski definition) is 1. The minimum Gasteiger partial charge on any atom is -0.272 e. The van der Waals surface area contributed by atoms with Crippen LogP contribution in [-0.2, 0) is 10.5 Å². The van der Waals surface area contributed by atoms with Crippen LogP contribution in [0.15, 0.2) is 85.0 Å². The molecule has 3 aromatic carbocycles. The Hall–Kier alpha value is -2.20. The van der Waals surface area contributed by atoms with Gasteiger partial charge in [0.15, 0.2) is 8.68 Å². The maximum Gasteiger partial charge on any atom is 0.250 e. The van der Waals surface area contributed by atoms with Crippen LogP contribution < -0.4 is 5.43 Å². The molecule has 5 nitrogen and oxygen atoms in total. The highest BCUT2D eigenvalue weighted by Gasteiger charge is 2.10. The summed E-state index contributed by atoms with van der Waals surface area (Å²) in [6, 6.07) is 22.5. The second-order valence-electron chi connectivity index (χ2n) is 6.79. The van der Waals surface area contributed by atoms with Crippen molar-refractivity contribution in [2.45, 2.75) is 21.4 Å². The largest absolute Gasteiger partial charge is 0.272 e. The molecule has 1 aromatic heterocycles. The molecule has 0 saturated heterocycles. The second kappa shape index (κ2) is 11.1. The van der Waals surface area contributed by atoms with Crippen molar-refractivity contribution in [3.05, 3.63) is 82.3 Å². The molecule has 0 aliphatic carbocycles. The monoisotopic (exact) mass is 542 g/mol. The molecule has 0 aliphatic heterocycles. The number of nitrogens with one attached hydrogen (secondary N) is 1. The summed E-state index contributed by atoms with van der Waals surface area (Å²) in [5.41, 5.74) is 5.58. The molecule has 0 aliphatic rings. The third-order valence-electron chi connectivity index (χ3n) is 4.56. The summed E-state index contributed by atoms with van der Waals surface area (Å²) in [5.74, 6) is 0.886. The van der Waals surface area contributed by atoms with Gasteiger partial charge < -0.3 is 0 Å². The first kappa shape index (κ1) is 23.0. The summed E-state index contributed by atoms with van der Waals surface area (Å²) in [6.45, 7) is 1.86. The minimum atomic E-state index is -0.174. The topological polar surface area (TPSA) is 67.2 Å². The number of hydrogen-bond acceptors (Lipinski definition) is 7. The normalized spacial score (nSPS) is 11.6. The van der Waals surface area contributed by atoms with E-state index in [2.05, 4.69) is 79.1 Å². The SMILES string of the molecule is CC(=NNC(=O)CSc1nnc(SCc2cccc3ccccc23)s1)c1ccc(Br)cc1. The Morgan fingerprint density at radius 3 is 2.53 bits per heavy atom. The summed E-state index contributed by atoms with van der Waals surface area (Å²) in [6.07, 6.45) is 0. The van der Waals surface area contributed by atoms with Gasteiger partial charge in [0.2, 0.25) is 0 Å². The van der Waals surface area contributed by atoms with Crippen molar-refractivity contribution in [1.29, 1.82) is 0 Å². The molecule has 4 aromatic rings. The van der Waals surface area contributed by atoms with Gasteiger partial charge in [-0.1, -0.05) is 105 Å². The highest BCUT2D eigenvalue weighted by Crippen LogP contribution is 2.32. The van der Waals surface area contributed by atoms with Crippen LogP contribution in [0.4, 0.5) is 0 Å². The number of fused-ring (bicyclic) bond motifs is 1. The number of aromatic nitrogens is 2. The van der Waals surface area contributed by atoms with Gasteiger partial charge in [-0.15, -0.1) is 10.2 Å².